The molecule has 0 amide bonds. The number of para-hydroxylation sites is 1. The van der Waals surface area contributed by atoms with Crippen LogP contribution in [0.5, 0.6) is 11.5 Å². The zero-order valence-electron chi connectivity index (χ0n) is 21.4. The predicted molar refractivity (Wildman–Crippen MR) is 137 cm³/mol. The van der Waals surface area contributed by atoms with E-state index in [0.717, 1.165) is 45.8 Å². The van der Waals surface area contributed by atoms with Crippen LogP contribution in [0.25, 0.3) is 10.9 Å². The number of hydrogen-bond donors (Lipinski definition) is 1. The summed E-state index contributed by atoms with van der Waals surface area (Å²) in [6.07, 6.45) is 0.769. The largest absolute Gasteiger partial charge is 0.454 e. The fourth-order valence-electron chi connectivity index (χ4n) is 4.80. The molecule has 4 aromatic rings. The van der Waals surface area contributed by atoms with Crippen molar-refractivity contribution in [2.45, 2.75) is 65.7 Å². The summed E-state index contributed by atoms with van der Waals surface area (Å²) in [5.74, 6) is 2.26. The molecule has 0 aliphatic carbocycles. The Morgan fingerprint density at radius 2 is 1.92 bits per heavy atom. The number of aromatic amines is 1. The maximum absolute atomic E-state index is 13.2. The molecule has 36 heavy (non-hydrogen) atoms. The first kappa shape index (κ1) is 24.0. The lowest BCUT2D eigenvalue weighted by atomic mass is 10.0. The second-order valence-corrected chi connectivity index (χ2v) is 10.3. The molecule has 1 N–H and O–H groups in total. The van der Waals surface area contributed by atoms with Crippen molar-refractivity contribution in [3.05, 3.63) is 75.3 Å². The molecular formula is C27H32N6O3. The fourth-order valence-corrected chi connectivity index (χ4v) is 4.80. The van der Waals surface area contributed by atoms with Crippen LogP contribution in [0.4, 0.5) is 0 Å². The van der Waals surface area contributed by atoms with Gasteiger partial charge in [0.25, 0.3) is 5.56 Å². The SMILES string of the molecule is CC[C@@H](c1nnnn1C(C)(C)C)N(Cc1ccc2c(c1)OCO2)Cc1cc2cccc(C)c2[nH]c1=O. The Morgan fingerprint density at radius 1 is 1.11 bits per heavy atom. The molecule has 0 fully saturated rings. The monoisotopic (exact) mass is 488 g/mol. The van der Waals surface area contributed by atoms with Gasteiger partial charge in [0.15, 0.2) is 17.3 Å². The van der Waals surface area contributed by atoms with E-state index in [-0.39, 0.29) is 23.9 Å². The molecule has 3 heterocycles. The van der Waals surface area contributed by atoms with Crippen LogP contribution in [0, 0.1) is 6.92 Å². The van der Waals surface area contributed by atoms with Crippen LogP contribution in [-0.2, 0) is 18.6 Å². The van der Waals surface area contributed by atoms with Crippen LogP contribution in [0.2, 0.25) is 0 Å². The van der Waals surface area contributed by atoms with Crippen LogP contribution < -0.4 is 15.0 Å². The number of nitrogens with one attached hydrogen (secondary N) is 1. The second kappa shape index (κ2) is 9.39. The average molecular weight is 489 g/mol. The third-order valence-electron chi connectivity index (χ3n) is 6.62. The molecule has 9 heteroatoms. The summed E-state index contributed by atoms with van der Waals surface area (Å²) >= 11 is 0. The van der Waals surface area contributed by atoms with Crippen molar-refractivity contribution in [2.24, 2.45) is 0 Å². The van der Waals surface area contributed by atoms with E-state index in [2.05, 4.69) is 53.1 Å². The Labute approximate surface area is 210 Å². The number of aromatic nitrogens is 5. The van der Waals surface area contributed by atoms with Crippen molar-refractivity contribution < 1.29 is 9.47 Å². The number of tetrazole rings is 1. The van der Waals surface area contributed by atoms with Gasteiger partial charge >= 0.3 is 0 Å². The summed E-state index contributed by atoms with van der Waals surface area (Å²) in [6, 6.07) is 13.9. The summed E-state index contributed by atoms with van der Waals surface area (Å²) in [4.78, 5) is 18.5. The van der Waals surface area contributed by atoms with Gasteiger partial charge in [0.05, 0.1) is 17.1 Å². The minimum Gasteiger partial charge on any atom is -0.454 e. The molecule has 2 aromatic carbocycles. The van der Waals surface area contributed by atoms with E-state index in [4.69, 9.17) is 9.47 Å². The van der Waals surface area contributed by atoms with Gasteiger partial charge in [-0.15, -0.1) is 5.10 Å². The normalized spacial score (nSPS) is 14.1. The van der Waals surface area contributed by atoms with E-state index in [9.17, 15) is 4.79 Å². The minimum atomic E-state index is -0.283. The van der Waals surface area contributed by atoms with E-state index < -0.39 is 0 Å². The first-order valence-electron chi connectivity index (χ1n) is 12.3. The summed E-state index contributed by atoms with van der Waals surface area (Å²) in [5.41, 5.74) is 3.30. The maximum Gasteiger partial charge on any atom is 0.252 e. The number of aryl methyl sites for hydroxylation is 1. The molecule has 1 aliphatic rings. The molecular weight excluding hydrogens is 456 g/mol. The van der Waals surface area contributed by atoms with Crippen molar-refractivity contribution in [3.63, 3.8) is 0 Å². The lowest BCUT2D eigenvalue weighted by Crippen LogP contribution is -2.35. The quantitative estimate of drug-likeness (QED) is 0.410. The van der Waals surface area contributed by atoms with E-state index in [1.165, 1.54) is 0 Å². The standard InChI is InChI=1S/C27H32N6O3/c1-6-21(25-29-30-31-33(25)27(3,4)5)32(14-18-10-11-22-23(12-18)36-16-35-22)15-20-13-19-9-7-8-17(2)24(19)28-26(20)34/h7-13,21H,6,14-16H2,1-5H3,(H,28,34)/t21-/m0/s1. The molecule has 1 aliphatic heterocycles. The zero-order chi connectivity index (χ0) is 25.4. The topological polar surface area (TPSA) is 98.2 Å². The summed E-state index contributed by atoms with van der Waals surface area (Å²) < 4.78 is 13.0. The first-order valence-corrected chi connectivity index (χ1v) is 12.3. The molecule has 0 bridgehead atoms. The Hall–Kier alpha value is -3.72. The highest BCUT2D eigenvalue weighted by molar-refractivity contribution is 5.81. The van der Waals surface area contributed by atoms with Crippen molar-refractivity contribution in [1.29, 1.82) is 0 Å². The molecule has 9 nitrogen and oxygen atoms in total. The molecule has 188 valence electrons. The highest BCUT2D eigenvalue weighted by Crippen LogP contribution is 2.34. The Bertz CT molecular complexity index is 1450. The molecule has 2 aromatic heterocycles. The van der Waals surface area contributed by atoms with Crippen molar-refractivity contribution in [2.75, 3.05) is 6.79 Å². The molecule has 5 rings (SSSR count). The lowest BCUT2D eigenvalue weighted by Gasteiger charge is -2.32. The molecule has 1 atom stereocenters. The van der Waals surface area contributed by atoms with Crippen LogP contribution in [0.3, 0.4) is 0 Å². The number of nitrogens with zero attached hydrogens (tertiary/aromatic N) is 5. The fraction of sp³-hybridized carbons (Fsp3) is 0.407. The van der Waals surface area contributed by atoms with Gasteiger partial charge in [-0.25, -0.2) is 4.68 Å². The summed E-state index contributed by atoms with van der Waals surface area (Å²) in [5, 5.41) is 13.7. The minimum absolute atomic E-state index is 0.0854. The number of H-pyrrole nitrogens is 1. The van der Waals surface area contributed by atoms with E-state index in [1.807, 2.05) is 54.1 Å². The van der Waals surface area contributed by atoms with Gasteiger partial charge in [-0.2, -0.15) is 0 Å². The van der Waals surface area contributed by atoms with E-state index in [0.29, 0.717) is 18.7 Å². The number of rotatable bonds is 7. The number of hydrogen-bond acceptors (Lipinski definition) is 7. The van der Waals surface area contributed by atoms with Gasteiger partial charge in [-0.05, 0) is 79.3 Å². The third-order valence-corrected chi connectivity index (χ3v) is 6.62. The van der Waals surface area contributed by atoms with E-state index in [1.54, 1.807) is 0 Å². The van der Waals surface area contributed by atoms with Crippen molar-refractivity contribution in [1.82, 2.24) is 30.1 Å². The Kier molecular flexibility index (Phi) is 6.26. The molecule has 0 saturated carbocycles. The number of ether oxygens (including phenoxy) is 2. The van der Waals surface area contributed by atoms with Crippen molar-refractivity contribution in [3.8, 4) is 11.5 Å². The number of benzene rings is 2. The van der Waals surface area contributed by atoms with Crippen LogP contribution in [0.15, 0.2) is 47.3 Å². The molecule has 0 saturated heterocycles. The van der Waals surface area contributed by atoms with Gasteiger partial charge in [-0.1, -0.05) is 31.2 Å². The molecule has 0 spiro atoms. The van der Waals surface area contributed by atoms with E-state index >= 15 is 0 Å². The van der Waals surface area contributed by atoms with Gasteiger partial charge in [0, 0.05) is 18.7 Å². The first-order chi connectivity index (χ1) is 17.2. The highest BCUT2D eigenvalue weighted by atomic mass is 16.7. The molecule has 0 radical (unpaired) electrons. The van der Waals surface area contributed by atoms with Gasteiger partial charge < -0.3 is 14.5 Å². The maximum atomic E-state index is 13.2. The average Bonchev–Trinajstić information content (AvgIpc) is 3.50. The summed E-state index contributed by atoms with van der Waals surface area (Å²) in [7, 11) is 0. The van der Waals surface area contributed by atoms with Crippen LogP contribution >= 0.6 is 0 Å². The van der Waals surface area contributed by atoms with Crippen LogP contribution in [0.1, 0.15) is 62.7 Å². The smallest absolute Gasteiger partial charge is 0.252 e. The van der Waals surface area contributed by atoms with Gasteiger partial charge in [0.2, 0.25) is 6.79 Å². The molecule has 0 unspecified atom stereocenters. The number of pyridine rings is 1. The van der Waals surface area contributed by atoms with Crippen LogP contribution in [-0.4, -0.2) is 36.9 Å². The van der Waals surface area contributed by atoms with Gasteiger partial charge in [-0.3, -0.25) is 9.69 Å². The predicted octanol–water partition coefficient (Wildman–Crippen LogP) is 4.46. The highest BCUT2D eigenvalue weighted by Gasteiger charge is 2.30. The summed E-state index contributed by atoms with van der Waals surface area (Å²) in [6.45, 7) is 11.6. The third kappa shape index (κ3) is 4.58. The van der Waals surface area contributed by atoms with Crippen molar-refractivity contribution >= 4 is 10.9 Å². The zero-order valence-corrected chi connectivity index (χ0v) is 21.4. The Balaban J connectivity index is 1.56. The lowest BCUT2D eigenvalue weighted by molar-refractivity contribution is 0.153. The second-order valence-electron chi connectivity index (χ2n) is 10.3. The number of fused-ring (bicyclic) bond motifs is 2. The Morgan fingerprint density at radius 3 is 2.69 bits per heavy atom. The van der Waals surface area contributed by atoms with Gasteiger partial charge in [0.1, 0.15) is 0 Å².